The van der Waals surface area contributed by atoms with Crippen molar-refractivity contribution in [1.82, 2.24) is 4.90 Å². The Balaban J connectivity index is 1.42. The summed E-state index contributed by atoms with van der Waals surface area (Å²) in [6.45, 7) is 4.06. The number of likely N-dealkylation sites (tertiary alicyclic amines) is 1. The topological polar surface area (TPSA) is 66.5 Å². The minimum atomic E-state index is -0.201. The first-order chi connectivity index (χ1) is 12.5. The maximum absolute atomic E-state index is 12.8. The van der Waals surface area contributed by atoms with E-state index < -0.39 is 0 Å². The van der Waals surface area contributed by atoms with Gasteiger partial charge in [-0.1, -0.05) is 30.4 Å². The summed E-state index contributed by atoms with van der Waals surface area (Å²) in [5.41, 5.74) is 2.81. The van der Waals surface area contributed by atoms with Crippen molar-refractivity contribution in [3.8, 4) is 0 Å². The van der Waals surface area contributed by atoms with Crippen molar-refractivity contribution in [3.05, 3.63) is 41.5 Å². The zero-order chi connectivity index (χ0) is 18.4. The third kappa shape index (κ3) is 2.66. The van der Waals surface area contributed by atoms with Crippen molar-refractivity contribution < 1.29 is 14.4 Å². The number of carbonyl (C=O) groups excluding carboxylic acids is 3. The van der Waals surface area contributed by atoms with E-state index in [2.05, 4.69) is 17.5 Å². The van der Waals surface area contributed by atoms with Gasteiger partial charge >= 0.3 is 0 Å². The second kappa shape index (κ2) is 6.38. The summed E-state index contributed by atoms with van der Waals surface area (Å²) < 4.78 is 0. The number of nitrogens with zero attached hydrogens (tertiary/aromatic N) is 1. The first-order valence-corrected chi connectivity index (χ1v) is 9.37. The van der Waals surface area contributed by atoms with Crippen LogP contribution in [0.15, 0.2) is 30.4 Å². The van der Waals surface area contributed by atoms with E-state index in [1.54, 1.807) is 0 Å². The van der Waals surface area contributed by atoms with Crippen LogP contribution in [0.3, 0.4) is 0 Å². The molecule has 0 spiro atoms. The Hall–Kier alpha value is -2.43. The molecule has 2 fully saturated rings. The Labute approximate surface area is 153 Å². The first kappa shape index (κ1) is 17.0. The van der Waals surface area contributed by atoms with Crippen LogP contribution in [0.1, 0.15) is 30.4 Å². The highest BCUT2D eigenvalue weighted by Crippen LogP contribution is 2.49. The van der Waals surface area contributed by atoms with Crippen LogP contribution in [0.2, 0.25) is 0 Å². The molecule has 5 rings (SSSR count). The van der Waals surface area contributed by atoms with Crippen LogP contribution in [0.25, 0.3) is 0 Å². The van der Waals surface area contributed by atoms with Crippen molar-refractivity contribution >= 4 is 23.4 Å². The van der Waals surface area contributed by atoms with E-state index in [-0.39, 0.29) is 54.4 Å². The largest absolute Gasteiger partial charge is 0.326 e. The Morgan fingerprint density at radius 3 is 2.08 bits per heavy atom. The van der Waals surface area contributed by atoms with Gasteiger partial charge in [0.15, 0.2) is 0 Å². The Morgan fingerprint density at radius 2 is 1.58 bits per heavy atom. The lowest BCUT2D eigenvalue weighted by Crippen LogP contribution is -2.38. The average Bonchev–Trinajstić information content (AvgIpc) is 2.90. The molecule has 3 aliphatic carbocycles. The molecule has 2 bridgehead atoms. The number of imide groups is 1. The number of para-hydroxylation sites is 1. The summed E-state index contributed by atoms with van der Waals surface area (Å²) in [6.07, 6.45) is 6.33. The standard InChI is InChI=1S/C21H24N2O3/c1-12-4-3-5-13(2)19(12)22-16(24)10-11-23-20(25)17-14-6-7-15(9-8-14)18(17)21(23)26/h3-7,14-15,17-18H,8-11H2,1-2H3,(H,22,24)/t14-,15-,17-,18-/m0/s1. The smallest absolute Gasteiger partial charge is 0.233 e. The van der Waals surface area contributed by atoms with Gasteiger partial charge in [0.1, 0.15) is 0 Å². The van der Waals surface area contributed by atoms with Crippen LogP contribution in [-0.2, 0) is 14.4 Å². The minimum absolute atomic E-state index is 0.0843. The summed E-state index contributed by atoms with van der Waals surface area (Å²) >= 11 is 0. The van der Waals surface area contributed by atoms with Gasteiger partial charge in [-0.15, -0.1) is 0 Å². The average molecular weight is 352 g/mol. The maximum Gasteiger partial charge on any atom is 0.233 e. The highest BCUT2D eigenvalue weighted by atomic mass is 16.2. The van der Waals surface area contributed by atoms with Gasteiger partial charge in [-0.25, -0.2) is 0 Å². The van der Waals surface area contributed by atoms with E-state index in [0.717, 1.165) is 29.7 Å². The highest BCUT2D eigenvalue weighted by Gasteiger charge is 2.56. The molecule has 1 saturated carbocycles. The summed E-state index contributed by atoms with van der Waals surface area (Å²) in [6, 6.07) is 5.85. The molecule has 3 amide bonds. The SMILES string of the molecule is Cc1cccc(C)c1NC(=O)CCN1C(=O)[C@@H]2[C@@H](C1=O)[C@H]1C=C[C@H]2CC1. The second-order valence-electron chi connectivity index (χ2n) is 7.73. The molecule has 26 heavy (non-hydrogen) atoms. The van der Waals surface area contributed by atoms with Gasteiger partial charge in [-0.2, -0.15) is 0 Å². The van der Waals surface area contributed by atoms with E-state index in [9.17, 15) is 14.4 Å². The maximum atomic E-state index is 12.8. The fourth-order valence-corrected chi connectivity index (χ4v) is 4.78. The van der Waals surface area contributed by atoms with Crippen molar-refractivity contribution in [2.24, 2.45) is 23.7 Å². The number of aryl methyl sites for hydroxylation is 2. The Kier molecular flexibility index (Phi) is 4.17. The van der Waals surface area contributed by atoms with Crippen LogP contribution < -0.4 is 5.32 Å². The number of benzene rings is 1. The highest BCUT2D eigenvalue weighted by molar-refractivity contribution is 6.06. The lowest BCUT2D eigenvalue weighted by atomic mass is 9.63. The van der Waals surface area contributed by atoms with Gasteiger partial charge in [-0.3, -0.25) is 19.3 Å². The normalized spacial score (nSPS) is 29.2. The third-order valence-electron chi connectivity index (χ3n) is 6.16. The number of anilines is 1. The van der Waals surface area contributed by atoms with Crippen molar-refractivity contribution in [3.63, 3.8) is 0 Å². The van der Waals surface area contributed by atoms with E-state index in [0.29, 0.717) is 0 Å². The fourth-order valence-electron chi connectivity index (χ4n) is 4.78. The zero-order valence-electron chi connectivity index (χ0n) is 15.2. The van der Waals surface area contributed by atoms with E-state index in [1.165, 1.54) is 4.90 Å². The van der Waals surface area contributed by atoms with Crippen molar-refractivity contribution in [2.45, 2.75) is 33.1 Å². The third-order valence-corrected chi connectivity index (χ3v) is 6.16. The summed E-state index contributed by atoms with van der Waals surface area (Å²) in [4.78, 5) is 39.2. The van der Waals surface area contributed by atoms with Crippen LogP contribution >= 0.6 is 0 Å². The van der Waals surface area contributed by atoms with E-state index in [4.69, 9.17) is 0 Å². The number of carbonyl (C=O) groups is 3. The number of amides is 3. The van der Waals surface area contributed by atoms with Gasteiger partial charge in [0.25, 0.3) is 0 Å². The van der Waals surface area contributed by atoms with Gasteiger partial charge in [-0.05, 0) is 49.7 Å². The molecule has 1 saturated heterocycles. The lowest BCUT2D eigenvalue weighted by Gasteiger charge is -2.38. The van der Waals surface area contributed by atoms with E-state index >= 15 is 0 Å². The monoisotopic (exact) mass is 352 g/mol. The Bertz CT molecular complexity index is 761. The molecule has 5 heteroatoms. The van der Waals surface area contributed by atoms with Gasteiger partial charge in [0, 0.05) is 18.7 Å². The zero-order valence-corrected chi connectivity index (χ0v) is 15.2. The Morgan fingerprint density at radius 1 is 1.04 bits per heavy atom. The molecule has 1 aliphatic heterocycles. The van der Waals surface area contributed by atoms with Gasteiger partial charge < -0.3 is 5.32 Å². The van der Waals surface area contributed by atoms with Gasteiger partial charge in [0.2, 0.25) is 17.7 Å². The number of allylic oxidation sites excluding steroid dienone is 2. The molecule has 5 nitrogen and oxygen atoms in total. The molecule has 1 heterocycles. The molecular weight excluding hydrogens is 328 g/mol. The summed E-state index contributed by atoms with van der Waals surface area (Å²) in [5.74, 6) is -0.359. The number of nitrogens with one attached hydrogen (secondary N) is 1. The molecule has 4 atom stereocenters. The van der Waals surface area contributed by atoms with Crippen LogP contribution in [-0.4, -0.2) is 29.2 Å². The molecule has 0 unspecified atom stereocenters. The second-order valence-corrected chi connectivity index (χ2v) is 7.73. The van der Waals surface area contributed by atoms with Crippen molar-refractivity contribution in [2.75, 3.05) is 11.9 Å². The summed E-state index contributed by atoms with van der Waals surface area (Å²) in [7, 11) is 0. The number of fused-ring (bicyclic) bond motifs is 1. The molecule has 136 valence electrons. The lowest BCUT2D eigenvalue weighted by molar-refractivity contribution is -0.140. The van der Waals surface area contributed by atoms with Crippen molar-refractivity contribution in [1.29, 1.82) is 0 Å². The molecule has 4 aliphatic rings. The number of hydrogen-bond acceptors (Lipinski definition) is 3. The molecule has 0 aromatic heterocycles. The van der Waals surface area contributed by atoms with Gasteiger partial charge in [0.05, 0.1) is 11.8 Å². The van der Waals surface area contributed by atoms with Crippen LogP contribution in [0.5, 0.6) is 0 Å². The fraction of sp³-hybridized carbons (Fsp3) is 0.476. The predicted molar refractivity (Wildman–Crippen MR) is 98.2 cm³/mol. The molecule has 1 aromatic rings. The quantitative estimate of drug-likeness (QED) is 0.669. The van der Waals surface area contributed by atoms with Crippen LogP contribution in [0.4, 0.5) is 5.69 Å². The summed E-state index contributed by atoms with van der Waals surface area (Å²) in [5, 5.41) is 2.92. The number of rotatable bonds is 4. The van der Waals surface area contributed by atoms with E-state index in [1.807, 2.05) is 32.0 Å². The predicted octanol–water partition coefficient (Wildman–Crippen LogP) is 2.83. The van der Waals surface area contributed by atoms with Crippen LogP contribution in [0, 0.1) is 37.5 Å². The first-order valence-electron chi connectivity index (χ1n) is 9.37. The minimum Gasteiger partial charge on any atom is -0.326 e. The molecular formula is C21H24N2O3. The molecule has 1 N–H and O–H groups in total. The number of hydrogen-bond donors (Lipinski definition) is 1. The molecule has 1 aromatic carbocycles. The molecule has 0 radical (unpaired) electrons.